The molecule has 0 aliphatic carbocycles. The predicted octanol–water partition coefficient (Wildman–Crippen LogP) is 3.62. The first-order valence-electron chi connectivity index (χ1n) is 8.51. The van der Waals surface area contributed by atoms with Crippen LogP contribution in [0.3, 0.4) is 0 Å². The Labute approximate surface area is 153 Å². The molecule has 134 valence electrons. The van der Waals surface area contributed by atoms with E-state index >= 15 is 0 Å². The van der Waals surface area contributed by atoms with Gasteiger partial charge in [0.2, 0.25) is 0 Å². The van der Waals surface area contributed by atoms with Gasteiger partial charge in [-0.3, -0.25) is 4.79 Å². The Morgan fingerprint density at radius 1 is 1.20 bits per heavy atom. The topological polar surface area (TPSA) is 47.4 Å². The van der Waals surface area contributed by atoms with Gasteiger partial charge in [-0.2, -0.15) is 5.10 Å². The Morgan fingerprint density at radius 2 is 1.88 bits per heavy atom. The molecule has 6 heteroatoms. The third kappa shape index (κ3) is 3.72. The molecule has 1 aromatic carbocycles. The van der Waals surface area contributed by atoms with Crippen molar-refractivity contribution in [2.24, 2.45) is 0 Å². The summed E-state index contributed by atoms with van der Waals surface area (Å²) in [4.78, 5) is 14.7. The Morgan fingerprint density at radius 3 is 2.52 bits per heavy atom. The summed E-state index contributed by atoms with van der Waals surface area (Å²) in [5, 5.41) is 4.56. The summed E-state index contributed by atoms with van der Waals surface area (Å²) in [5.74, 6) is 0. The summed E-state index contributed by atoms with van der Waals surface area (Å²) < 4.78 is 7.51. The van der Waals surface area contributed by atoms with E-state index in [4.69, 9.17) is 16.3 Å². The molecule has 0 amide bonds. The second kappa shape index (κ2) is 6.81. The standard InChI is InChI=1S/C19H24ClN3O2/c1-13-11-22(12-16(25-13)14-8-6-5-7-9-14)15-10-21-23(19(2,3)4)18(24)17(15)20/h5-10,13,16H,11-12H2,1-4H3. The van der Waals surface area contributed by atoms with Crippen LogP contribution in [0.25, 0.3) is 0 Å². The van der Waals surface area contributed by atoms with Gasteiger partial charge in [0.05, 0.1) is 23.5 Å². The zero-order valence-corrected chi connectivity index (χ0v) is 15.8. The van der Waals surface area contributed by atoms with E-state index in [1.54, 1.807) is 6.20 Å². The third-order valence-corrected chi connectivity index (χ3v) is 4.66. The van der Waals surface area contributed by atoms with Crippen LogP contribution in [0.15, 0.2) is 41.3 Å². The van der Waals surface area contributed by atoms with Gasteiger partial charge in [0.15, 0.2) is 0 Å². The van der Waals surface area contributed by atoms with Crippen molar-refractivity contribution in [3.8, 4) is 0 Å². The van der Waals surface area contributed by atoms with Crippen LogP contribution in [0, 0.1) is 0 Å². The van der Waals surface area contributed by atoms with Crippen molar-refractivity contribution in [1.82, 2.24) is 9.78 Å². The summed E-state index contributed by atoms with van der Waals surface area (Å²) in [5.41, 5.74) is 1.11. The maximum atomic E-state index is 12.6. The molecule has 2 atom stereocenters. The molecule has 1 aliphatic rings. The minimum atomic E-state index is -0.413. The molecule has 1 aliphatic heterocycles. The van der Waals surface area contributed by atoms with Gasteiger partial charge in [-0.15, -0.1) is 0 Å². The molecule has 2 aromatic rings. The monoisotopic (exact) mass is 361 g/mol. The average Bonchev–Trinajstić information content (AvgIpc) is 2.56. The van der Waals surface area contributed by atoms with Crippen molar-refractivity contribution in [2.75, 3.05) is 18.0 Å². The minimum Gasteiger partial charge on any atom is -0.367 e. The molecule has 1 fully saturated rings. The maximum absolute atomic E-state index is 12.6. The van der Waals surface area contributed by atoms with Crippen LogP contribution in [0.5, 0.6) is 0 Å². The van der Waals surface area contributed by atoms with Gasteiger partial charge >= 0.3 is 0 Å². The first-order valence-corrected chi connectivity index (χ1v) is 8.89. The van der Waals surface area contributed by atoms with Crippen LogP contribution in [0.2, 0.25) is 5.02 Å². The quantitative estimate of drug-likeness (QED) is 0.819. The van der Waals surface area contributed by atoms with Gasteiger partial charge < -0.3 is 9.64 Å². The third-order valence-electron chi connectivity index (χ3n) is 4.31. The molecule has 3 rings (SSSR count). The number of morpholine rings is 1. The molecule has 1 saturated heterocycles. The Kier molecular flexibility index (Phi) is 4.89. The van der Waals surface area contributed by atoms with Crippen LogP contribution in [0.4, 0.5) is 5.69 Å². The predicted molar refractivity (Wildman–Crippen MR) is 100 cm³/mol. The van der Waals surface area contributed by atoms with Crippen LogP contribution in [-0.4, -0.2) is 29.0 Å². The number of benzene rings is 1. The summed E-state index contributed by atoms with van der Waals surface area (Å²) in [6, 6.07) is 10.1. The van der Waals surface area contributed by atoms with Gasteiger partial charge in [0.1, 0.15) is 11.1 Å². The van der Waals surface area contributed by atoms with E-state index in [0.717, 1.165) is 5.56 Å². The number of hydrogen-bond donors (Lipinski definition) is 0. The normalized spacial score (nSPS) is 21.4. The summed E-state index contributed by atoms with van der Waals surface area (Å²) >= 11 is 6.42. The first-order chi connectivity index (χ1) is 11.8. The number of nitrogens with zero attached hydrogens (tertiary/aromatic N) is 3. The van der Waals surface area contributed by atoms with Gasteiger partial charge in [-0.25, -0.2) is 4.68 Å². The number of anilines is 1. The van der Waals surface area contributed by atoms with E-state index in [-0.39, 0.29) is 22.8 Å². The lowest BCUT2D eigenvalue weighted by Gasteiger charge is -2.38. The molecule has 0 spiro atoms. The second-order valence-electron chi connectivity index (χ2n) is 7.48. The Bertz CT molecular complexity index is 799. The second-order valence-corrected chi connectivity index (χ2v) is 7.86. The van der Waals surface area contributed by atoms with Crippen molar-refractivity contribution in [1.29, 1.82) is 0 Å². The van der Waals surface area contributed by atoms with Gasteiger partial charge in [0.25, 0.3) is 5.56 Å². The van der Waals surface area contributed by atoms with Crippen LogP contribution >= 0.6 is 11.6 Å². The van der Waals surface area contributed by atoms with E-state index in [2.05, 4.69) is 22.1 Å². The zero-order valence-electron chi connectivity index (χ0n) is 15.1. The fourth-order valence-electron chi connectivity index (χ4n) is 3.12. The number of halogens is 1. The number of hydrogen-bond acceptors (Lipinski definition) is 4. The van der Waals surface area contributed by atoms with E-state index < -0.39 is 5.54 Å². The summed E-state index contributed by atoms with van der Waals surface area (Å²) in [7, 11) is 0. The maximum Gasteiger partial charge on any atom is 0.288 e. The molecular formula is C19H24ClN3O2. The van der Waals surface area contributed by atoms with E-state index in [9.17, 15) is 4.79 Å². The van der Waals surface area contributed by atoms with Crippen molar-refractivity contribution < 1.29 is 4.74 Å². The molecule has 25 heavy (non-hydrogen) atoms. The van der Waals surface area contributed by atoms with Crippen molar-refractivity contribution in [2.45, 2.75) is 45.4 Å². The largest absolute Gasteiger partial charge is 0.367 e. The first kappa shape index (κ1) is 18.0. The molecule has 2 unspecified atom stereocenters. The van der Waals surface area contributed by atoms with Crippen molar-refractivity contribution in [3.63, 3.8) is 0 Å². The molecule has 1 aromatic heterocycles. The lowest BCUT2D eigenvalue weighted by molar-refractivity contribution is -0.0174. The smallest absolute Gasteiger partial charge is 0.288 e. The van der Waals surface area contributed by atoms with E-state index in [0.29, 0.717) is 18.8 Å². The molecular weight excluding hydrogens is 338 g/mol. The van der Waals surface area contributed by atoms with Crippen LogP contribution in [-0.2, 0) is 10.3 Å². The molecule has 0 bridgehead atoms. The number of rotatable bonds is 2. The lowest BCUT2D eigenvalue weighted by atomic mass is 10.1. The molecule has 2 heterocycles. The Hall–Kier alpha value is -1.85. The molecule has 0 radical (unpaired) electrons. The van der Waals surface area contributed by atoms with Gasteiger partial charge in [-0.05, 0) is 33.3 Å². The fourth-order valence-corrected chi connectivity index (χ4v) is 3.37. The van der Waals surface area contributed by atoms with Crippen LogP contribution in [0.1, 0.15) is 39.4 Å². The molecule has 0 saturated carbocycles. The number of aromatic nitrogens is 2. The summed E-state index contributed by atoms with van der Waals surface area (Å²) in [6.07, 6.45) is 1.65. The zero-order chi connectivity index (χ0) is 18.2. The highest BCUT2D eigenvalue weighted by Crippen LogP contribution is 2.31. The highest BCUT2D eigenvalue weighted by molar-refractivity contribution is 6.33. The average molecular weight is 362 g/mol. The van der Waals surface area contributed by atoms with E-state index in [1.807, 2.05) is 45.9 Å². The minimum absolute atomic E-state index is 0.0278. The van der Waals surface area contributed by atoms with Crippen LogP contribution < -0.4 is 10.5 Å². The van der Waals surface area contributed by atoms with Gasteiger partial charge in [0, 0.05) is 13.1 Å². The highest BCUT2D eigenvalue weighted by atomic mass is 35.5. The summed E-state index contributed by atoms with van der Waals surface area (Å²) in [6.45, 7) is 9.12. The van der Waals surface area contributed by atoms with Crippen molar-refractivity contribution >= 4 is 17.3 Å². The molecule has 5 nitrogen and oxygen atoms in total. The number of ether oxygens (including phenoxy) is 1. The highest BCUT2D eigenvalue weighted by Gasteiger charge is 2.29. The van der Waals surface area contributed by atoms with Crippen molar-refractivity contribution in [3.05, 3.63) is 57.5 Å². The fraction of sp³-hybridized carbons (Fsp3) is 0.474. The lowest BCUT2D eigenvalue weighted by Crippen LogP contribution is -2.44. The Balaban J connectivity index is 1.93. The van der Waals surface area contributed by atoms with E-state index in [1.165, 1.54) is 4.68 Å². The van der Waals surface area contributed by atoms with Gasteiger partial charge in [-0.1, -0.05) is 41.9 Å². The SMILES string of the molecule is CC1CN(c2cnn(C(C)(C)C)c(=O)c2Cl)CC(c2ccccc2)O1. The molecule has 0 N–H and O–H groups in total.